The molecule has 2 heterocycles. The van der Waals surface area contributed by atoms with Crippen LogP contribution in [0.1, 0.15) is 37.0 Å². The van der Waals surface area contributed by atoms with Crippen molar-refractivity contribution in [2.45, 2.75) is 33.3 Å². The van der Waals surface area contributed by atoms with Gasteiger partial charge in [0.1, 0.15) is 17.1 Å². The molecular weight excluding hydrogens is 363 g/mol. The smallest absolute Gasteiger partial charge is 0.410 e. The van der Waals surface area contributed by atoms with E-state index >= 15 is 0 Å². The van der Waals surface area contributed by atoms with Crippen LogP contribution in [0.25, 0.3) is 5.69 Å². The van der Waals surface area contributed by atoms with Gasteiger partial charge < -0.3 is 14.5 Å². The zero-order valence-electron chi connectivity index (χ0n) is 16.6. The number of rotatable bonds is 2. The number of hydrogen-bond acceptors (Lipinski definition) is 4. The molecule has 0 aliphatic carbocycles. The van der Waals surface area contributed by atoms with Crippen molar-refractivity contribution in [1.29, 1.82) is 0 Å². The first kappa shape index (κ1) is 19.9. The van der Waals surface area contributed by atoms with E-state index in [1.54, 1.807) is 41.0 Å². The Labute approximate surface area is 163 Å². The lowest BCUT2D eigenvalue weighted by atomic mass is 10.2. The number of aromatic nitrogens is 2. The normalized spacial score (nSPS) is 14.9. The third kappa shape index (κ3) is 4.32. The highest BCUT2D eigenvalue weighted by molar-refractivity contribution is 5.92. The highest BCUT2D eigenvalue weighted by Crippen LogP contribution is 2.18. The lowest BCUT2D eigenvalue weighted by molar-refractivity contribution is 0.0140. The van der Waals surface area contributed by atoms with Crippen LogP contribution in [-0.4, -0.2) is 63.4 Å². The van der Waals surface area contributed by atoms with Crippen LogP contribution < -0.4 is 0 Å². The van der Waals surface area contributed by atoms with Gasteiger partial charge in [0.15, 0.2) is 5.69 Å². The van der Waals surface area contributed by atoms with E-state index in [0.29, 0.717) is 37.6 Å². The first-order chi connectivity index (χ1) is 13.2. The number of para-hydroxylation sites is 1. The summed E-state index contributed by atoms with van der Waals surface area (Å²) < 4.78 is 20.9. The number of carbonyl (C=O) groups is 2. The van der Waals surface area contributed by atoms with Gasteiger partial charge in [0, 0.05) is 31.9 Å². The zero-order chi connectivity index (χ0) is 20.5. The maximum absolute atomic E-state index is 14.1. The van der Waals surface area contributed by atoms with Gasteiger partial charge in [-0.25, -0.2) is 13.9 Å². The van der Waals surface area contributed by atoms with Gasteiger partial charge in [0.25, 0.3) is 5.91 Å². The van der Waals surface area contributed by atoms with E-state index < -0.39 is 11.4 Å². The van der Waals surface area contributed by atoms with E-state index in [-0.39, 0.29) is 17.7 Å². The maximum Gasteiger partial charge on any atom is 0.410 e. The second kappa shape index (κ2) is 7.61. The second-order valence-corrected chi connectivity index (χ2v) is 7.79. The fraction of sp³-hybridized carbons (Fsp3) is 0.450. The van der Waals surface area contributed by atoms with Gasteiger partial charge in [-0.2, -0.15) is 5.10 Å². The molecule has 0 radical (unpaired) electrons. The van der Waals surface area contributed by atoms with Crippen molar-refractivity contribution in [2.24, 2.45) is 0 Å². The standard InChI is InChI=1S/C20H25FN4O3/c1-14-13-16(22-25(14)17-8-6-5-7-15(17)21)18(26)23-9-11-24(12-10-23)19(27)28-20(2,3)4/h5-8,13H,9-12H2,1-4H3. The molecule has 1 aromatic heterocycles. The van der Waals surface area contributed by atoms with Gasteiger partial charge in [-0.15, -0.1) is 0 Å². The molecule has 28 heavy (non-hydrogen) atoms. The number of aryl methyl sites for hydroxylation is 1. The second-order valence-electron chi connectivity index (χ2n) is 7.79. The minimum atomic E-state index is -0.554. The summed E-state index contributed by atoms with van der Waals surface area (Å²) >= 11 is 0. The van der Waals surface area contributed by atoms with Gasteiger partial charge in [0.2, 0.25) is 0 Å². The number of hydrogen-bond donors (Lipinski definition) is 0. The minimum absolute atomic E-state index is 0.234. The summed E-state index contributed by atoms with van der Waals surface area (Å²) in [7, 11) is 0. The lowest BCUT2D eigenvalue weighted by Gasteiger charge is -2.35. The summed E-state index contributed by atoms with van der Waals surface area (Å²) in [6.07, 6.45) is -0.376. The molecule has 0 saturated carbocycles. The Kier molecular flexibility index (Phi) is 5.40. The molecule has 0 spiro atoms. The summed E-state index contributed by atoms with van der Waals surface area (Å²) in [6.45, 7) is 8.81. The Balaban J connectivity index is 1.67. The molecule has 1 saturated heterocycles. The van der Waals surface area contributed by atoms with Gasteiger partial charge in [-0.05, 0) is 45.9 Å². The number of halogens is 1. The summed E-state index contributed by atoms with van der Waals surface area (Å²) in [4.78, 5) is 28.2. The molecule has 2 amide bonds. The molecule has 3 rings (SSSR count). The molecule has 8 heteroatoms. The third-order valence-corrected chi connectivity index (χ3v) is 4.41. The van der Waals surface area contributed by atoms with Crippen molar-refractivity contribution in [1.82, 2.24) is 19.6 Å². The average Bonchev–Trinajstić information content (AvgIpc) is 3.02. The topological polar surface area (TPSA) is 67.7 Å². The maximum atomic E-state index is 14.1. The molecular formula is C20H25FN4O3. The lowest BCUT2D eigenvalue weighted by Crippen LogP contribution is -2.51. The van der Waals surface area contributed by atoms with Crippen LogP contribution in [0, 0.1) is 12.7 Å². The van der Waals surface area contributed by atoms with Crippen molar-refractivity contribution in [3.63, 3.8) is 0 Å². The summed E-state index contributed by atoms with van der Waals surface area (Å²) in [6, 6.07) is 7.94. The van der Waals surface area contributed by atoms with E-state index in [1.807, 2.05) is 20.8 Å². The number of nitrogens with zero attached hydrogens (tertiary/aromatic N) is 4. The molecule has 1 aliphatic heterocycles. The van der Waals surface area contributed by atoms with Crippen molar-refractivity contribution in [3.8, 4) is 5.69 Å². The van der Waals surface area contributed by atoms with Crippen molar-refractivity contribution in [3.05, 3.63) is 47.5 Å². The van der Waals surface area contributed by atoms with E-state index in [4.69, 9.17) is 4.74 Å². The molecule has 2 aromatic rings. The fourth-order valence-corrected chi connectivity index (χ4v) is 3.03. The van der Waals surface area contributed by atoms with Crippen LogP contribution in [0.5, 0.6) is 0 Å². The first-order valence-corrected chi connectivity index (χ1v) is 9.24. The molecule has 0 bridgehead atoms. The summed E-state index contributed by atoms with van der Waals surface area (Å²) in [5.74, 6) is -0.638. The Morgan fingerprint density at radius 1 is 1.07 bits per heavy atom. The van der Waals surface area contributed by atoms with Crippen molar-refractivity contribution < 1.29 is 18.7 Å². The molecule has 0 unspecified atom stereocenters. The van der Waals surface area contributed by atoms with Gasteiger partial charge >= 0.3 is 6.09 Å². The van der Waals surface area contributed by atoms with E-state index in [1.165, 1.54) is 10.7 Å². The van der Waals surface area contributed by atoms with Crippen molar-refractivity contribution in [2.75, 3.05) is 26.2 Å². The predicted octanol–water partition coefficient (Wildman–Crippen LogP) is 3.01. The van der Waals surface area contributed by atoms with Gasteiger partial charge in [-0.1, -0.05) is 12.1 Å². The van der Waals surface area contributed by atoms with E-state index in [9.17, 15) is 14.0 Å². The van der Waals surface area contributed by atoms with Crippen LogP contribution in [0.15, 0.2) is 30.3 Å². The van der Waals surface area contributed by atoms with E-state index in [2.05, 4.69) is 5.10 Å². The Morgan fingerprint density at radius 3 is 2.29 bits per heavy atom. The molecule has 0 N–H and O–H groups in total. The van der Waals surface area contributed by atoms with Crippen LogP contribution in [-0.2, 0) is 4.74 Å². The quantitative estimate of drug-likeness (QED) is 0.793. The van der Waals surface area contributed by atoms with Gasteiger partial charge in [-0.3, -0.25) is 4.79 Å². The number of amides is 2. The number of benzene rings is 1. The predicted molar refractivity (Wildman–Crippen MR) is 102 cm³/mol. The van der Waals surface area contributed by atoms with Crippen LogP contribution in [0.3, 0.4) is 0 Å². The SMILES string of the molecule is Cc1cc(C(=O)N2CCN(C(=O)OC(C)(C)C)CC2)nn1-c1ccccc1F. The zero-order valence-corrected chi connectivity index (χ0v) is 16.6. The number of piperazine rings is 1. The highest BCUT2D eigenvalue weighted by Gasteiger charge is 2.29. The molecule has 1 aromatic carbocycles. The molecule has 150 valence electrons. The summed E-state index contributed by atoms with van der Waals surface area (Å²) in [5, 5.41) is 4.30. The first-order valence-electron chi connectivity index (χ1n) is 9.24. The largest absolute Gasteiger partial charge is 0.444 e. The fourth-order valence-electron chi connectivity index (χ4n) is 3.03. The average molecular weight is 388 g/mol. The Hall–Kier alpha value is -2.90. The molecule has 7 nitrogen and oxygen atoms in total. The number of carbonyl (C=O) groups excluding carboxylic acids is 2. The molecule has 0 atom stereocenters. The summed E-state index contributed by atoms with van der Waals surface area (Å²) in [5.41, 5.74) is 0.669. The molecule has 1 aliphatic rings. The van der Waals surface area contributed by atoms with Crippen LogP contribution in [0.2, 0.25) is 0 Å². The number of ether oxygens (including phenoxy) is 1. The Morgan fingerprint density at radius 2 is 1.68 bits per heavy atom. The highest BCUT2D eigenvalue weighted by atomic mass is 19.1. The van der Waals surface area contributed by atoms with Crippen LogP contribution >= 0.6 is 0 Å². The van der Waals surface area contributed by atoms with E-state index in [0.717, 1.165) is 0 Å². The monoisotopic (exact) mass is 388 g/mol. The minimum Gasteiger partial charge on any atom is -0.444 e. The van der Waals surface area contributed by atoms with Gasteiger partial charge in [0.05, 0.1) is 0 Å². The molecule has 1 fully saturated rings. The Bertz CT molecular complexity index is 880. The van der Waals surface area contributed by atoms with Crippen LogP contribution in [0.4, 0.5) is 9.18 Å². The van der Waals surface area contributed by atoms with Crippen molar-refractivity contribution >= 4 is 12.0 Å². The third-order valence-electron chi connectivity index (χ3n) is 4.41.